The number of aromatic nitrogens is 6. The van der Waals surface area contributed by atoms with Crippen molar-refractivity contribution in [3.8, 4) is 62.4 Å². The van der Waals surface area contributed by atoms with Crippen LogP contribution in [0.25, 0.3) is 139 Å². The standard InChI is InChI=1S/C67H42N6/c1-2-18-43(19-3-1)65-68-66(44-34-36-46(37-35-44)71-59-28-12-6-22-52(59)53-23-7-13-29-60(53)71)70-67(69-65)58-39-38-49(50-20-4-5-21-51(50)58)45-40-47(72-61-30-14-8-24-54(61)55-25-9-15-31-62(55)72)42-48(41-45)73-63-32-16-10-26-56(63)57-27-11-17-33-64(57)73/h1-42H. The highest BCUT2D eigenvalue weighted by Gasteiger charge is 2.21. The van der Waals surface area contributed by atoms with Crippen LogP contribution in [-0.2, 0) is 0 Å². The molecule has 0 amide bonds. The minimum Gasteiger partial charge on any atom is -0.309 e. The fourth-order valence-electron chi connectivity index (χ4n) is 11.5. The highest BCUT2D eigenvalue weighted by Crippen LogP contribution is 2.41. The number of hydrogen-bond donors (Lipinski definition) is 0. The zero-order valence-corrected chi connectivity index (χ0v) is 39.4. The molecule has 4 aromatic heterocycles. The minimum atomic E-state index is 0.612. The van der Waals surface area contributed by atoms with Gasteiger partial charge in [0.1, 0.15) is 0 Å². The summed E-state index contributed by atoms with van der Waals surface area (Å²) in [5.74, 6) is 1.85. The number of nitrogens with zero attached hydrogens (tertiary/aromatic N) is 6. The molecule has 340 valence electrons. The summed E-state index contributed by atoms with van der Waals surface area (Å²) >= 11 is 0. The van der Waals surface area contributed by atoms with E-state index in [2.05, 4.69) is 250 Å². The molecule has 6 heteroatoms. The third-order valence-corrected chi connectivity index (χ3v) is 14.7. The van der Waals surface area contributed by atoms with Crippen molar-refractivity contribution in [2.45, 2.75) is 0 Å². The molecular formula is C67H42N6. The maximum atomic E-state index is 5.32. The largest absolute Gasteiger partial charge is 0.309 e. The van der Waals surface area contributed by atoms with E-state index >= 15 is 0 Å². The van der Waals surface area contributed by atoms with Crippen LogP contribution in [0.4, 0.5) is 0 Å². The highest BCUT2D eigenvalue weighted by atomic mass is 15.0. The summed E-state index contributed by atoms with van der Waals surface area (Å²) in [6.07, 6.45) is 0. The Kier molecular flexibility index (Phi) is 9.16. The number of para-hydroxylation sites is 6. The SMILES string of the molecule is c1ccc(-c2nc(-c3ccc(-n4c5ccccc5c5ccccc54)cc3)nc(-c3ccc(-c4cc(-n5c6ccccc6c6ccccc65)cc(-n5c6ccccc6c6ccccc65)c4)c4ccccc34)n2)cc1. The van der Waals surface area contributed by atoms with Gasteiger partial charge >= 0.3 is 0 Å². The Bertz CT molecular complexity index is 4380. The minimum absolute atomic E-state index is 0.612. The molecule has 6 nitrogen and oxygen atoms in total. The second-order valence-electron chi connectivity index (χ2n) is 18.8. The van der Waals surface area contributed by atoms with Crippen molar-refractivity contribution in [2.75, 3.05) is 0 Å². The Hall–Kier alpha value is -9.91. The van der Waals surface area contributed by atoms with Crippen molar-refractivity contribution in [3.05, 3.63) is 255 Å². The number of fused-ring (bicyclic) bond motifs is 10. The molecule has 0 unspecified atom stereocenters. The predicted octanol–water partition coefficient (Wildman–Crippen LogP) is 17.0. The zero-order valence-electron chi connectivity index (χ0n) is 39.4. The summed E-state index contributed by atoms with van der Waals surface area (Å²) < 4.78 is 7.19. The molecule has 0 N–H and O–H groups in total. The van der Waals surface area contributed by atoms with Crippen molar-refractivity contribution >= 4 is 76.2 Å². The van der Waals surface area contributed by atoms with E-state index in [1.54, 1.807) is 0 Å². The topological polar surface area (TPSA) is 53.5 Å². The van der Waals surface area contributed by atoms with E-state index < -0.39 is 0 Å². The normalized spacial score (nSPS) is 11.8. The third kappa shape index (κ3) is 6.47. The van der Waals surface area contributed by atoms with Gasteiger partial charge in [0.15, 0.2) is 17.5 Å². The van der Waals surface area contributed by atoms with Crippen LogP contribution in [0.2, 0.25) is 0 Å². The van der Waals surface area contributed by atoms with Gasteiger partial charge in [-0.15, -0.1) is 0 Å². The molecule has 4 heterocycles. The van der Waals surface area contributed by atoms with Gasteiger partial charge in [-0.25, -0.2) is 15.0 Å². The molecule has 0 spiro atoms. The molecule has 0 saturated heterocycles. The van der Waals surface area contributed by atoms with Gasteiger partial charge < -0.3 is 13.7 Å². The molecule has 15 rings (SSSR count). The Morgan fingerprint density at radius 1 is 0.205 bits per heavy atom. The van der Waals surface area contributed by atoms with E-state index in [1.165, 1.54) is 43.4 Å². The molecule has 73 heavy (non-hydrogen) atoms. The summed E-state index contributed by atoms with van der Waals surface area (Å²) in [5, 5.41) is 9.52. The van der Waals surface area contributed by atoms with Gasteiger partial charge in [-0.05, 0) is 107 Å². The maximum Gasteiger partial charge on any atom is 0.164 e. The molecule has 0 atom stereocenters. The quantitative estimate of drug-likeness (QED) is 0.160. The van der Waals surface area contributed by atoms with Crippen LogP contribution in [0.3, 0.4) is 0 Å². The van der Waals surface area contributed by atoms with Gasteiger partial charge in [-0.1, -0.05) is 170 Å². The molecule has 0 saturated carbocycles. The summed E-state index contributed by atoms with van der Waals surface area (Å²) in [6.45, 7) is 0. The van der Waals surface area contributed by atoms with Crippen LogP contribution in [0.5, 0.6) is 0 Å². The van der Waals surface area contributed by atoms with E-state index in [4.69, 9.17) is 15.0 Å². The van der Waals surface area contributed by atoms with Crippen LogP contribution < -0.4 is 0 Å². The van der Waals surface area contributed by atoms with Crippen molar-refractivity contribution in [1.82, 2.24) is 28.7 Å². The van der Waals surface area contributed by atoms with Crippen molar-refractivity contribution in [3.63, 3.8) is 0 Å². The van der Waals surface area contributed by atoms with E-state index in [-0.39, 0.29) is 0 Å². The highest BCUT2D eigenvalue weighted by molar-refractivity contribution is 6.12. The average molecular weight is 931 g/mol. The zero-order chi connectivity index (χ0) is 48.0. The summed E-state index contributed by atoms with van der Waals surface area (Å²) in [5.41, 5.74) is 15.2. The molecule has 11 aromatic carbocycles. The van der Waals surface area contributed by atoms with Gasteiger partial charge in [-0.2, -0.15) is 0 Å². The predicted molar refractivity (Wildman–Crippen MR) is 302 cm³/mol. The van der Waals surface area contributed by atoms with Gasteiger partial charge in [0, 0.05) is 66.1 Å². The molecule has 15 aromatic rings. The number of rotatable bonds is 7. The Labute approximate surface area is 420 Å². The van der Waals surface area contributed by atoms with Crippen LogP contribution in [0.1, 0.15) is 0 Å². The second-order valence-corrected chi connectivity index (χ2v) is 18.8. The average Bonchev–Trinajstić information content (AvgIpc) is 4.11. The molecule has 0 fully saturated rings. The first kappa shape index (κ1) is 40.9. The van der Waals surface area contributed by atoms with E-state index in [9.17, 15) is 0 Å². The van der Waals surface area contributed by atoms with Crippen LogP contribution >= 0.6 is 0 Å². The Balaban J connectivity index is 0.923. The molecule has 0 aliphatic heterocycles. The van der Waals surface area contributed by atoms with Crippen LogP contribution in [0.15, 0.2) is 255 Å². The lowest BCUT2D eigenvalue weighted by atomic mass is 9.94. The number of hydrogen-bond acceptors (Lipinski definition) is 3. The van der Waals surface area contributed by atoms with Crippen molar-refractivity contribution in [2.24, 2.45) is 0 Å². The monoisotopic (exact) mass is 930 g/mol. The van der Waals surface area contributed by atoms with Crippen molar-refractivity contribution < 1.29 is 0 Å². The lowest BCUT2D eigenvalue weighted by Crippen LogP contribution is -2.02. The smallest absolute Gasteiger partial charge is 0.164 e. The Morgan fingerprint density at radius 3 is 0.945 bits per heavy atom. The Morgan fingerprint density at radius 2 is 0.521 bits per heavy atom. The second kappa shape index (κ2) is 16.3. The van der Waals surface area contributed by atoms with Gasteiger partial charge in [-0.3, -0.25) is 0 Å². The molecule has 0 radical (unpaired) electrons. The first-order chi connectivity index (χ1) is 36.2. The van der Waals surface area contributed by atoms with E-state index in [0.29, 0.717) is 17.5 Å². The van der Waals surface area contributed by atoms with E-state index in [0.717, 1.165) is 77.7 Å². The summed E-state index contributed by atoms with van der Waals surface area (Å²) in [7, 11) is 0. The third-order valence-electron chi connectivity index (χ3n) is 14.7. The van der Waals surface area contributed by atoms with Gasteiger partial charge in [0.2, 0.25) is 0 Å². The molecular weight excluding hydrogens is 889 g/mol. The van der Waals surface area contributed by atoms with E-state index in [1.807, 2.05) is 18.2 Å². The lowest BCUT2D eigenvalue weighted by Gasteiger charge is -2.17. The summed E-state index contributed by atoms with van der Waals surface area (Å²) in [6, 6.07) is 91.2. The first-order valence-corrected chi connectivity index (χ1v) is 24.8. The lowest BCUT2D eigenvalue weighted by molar-refractivity contribution is 1.07. The van der Waals surface area contributed by atoms with Gasteiger partial charge in [0.05, 0.1) is 33.1 Å². The first-order valence-electron chi connectivity index (χ1n) is 24.8. The maximum absolute atomic E-state index is 5.32. The molecule has 0 bridgehead atoms. The summed E-state index contributed by atoms with van der Waals surface area (Å²) in [4.78, 5) is 15.7. The fourth-order valence-corrected chi connectivity index (χ4v) is 11.5. The molecule has 0 aliphatic carbocycles. The van der Waals surface area contributed by atoms with Crippen LogP contribution in [0, 0.1) is 0 Å². The van der Waals surface area contributed by atoms with Crippen LogP contribution in [-0.4, -0.2) is 28.7 Å². The number of benzene rings is 11. The fraction of sp³-hybridized carbons (Fsp3) is 0. The van der Waals surface area contributed by atoms with Crippen molar-refractivity contribution in [1.29, 1.82) is 0 Å². The van der Waals surface area contributed by atoms with Gasteiger partial charge in [0.25, 0.3) is 0 Å². The molecule has 0 aliphatic rings.